The number of rotatable bonds is 0. The number of ketones is 1. The summed E-state index contributed by atoms with van der Waals surface area (Å²) >= 11 is 0. The van der Waals surface area contributed by atoms with E-state index in [2.05, 4.69) is 12.2 Å². The minimum absolute atomic E-state index is 0.417. The van der Waals surface area contributed by atoms with Gasteiger partial charge in [-0.15, -0.1) is 0 Å². The van der Waals surface area contributed by atoms with Crippen molar-refractivity contribution in [3.8, 4) is 0 Å². The first-order valence-electron chi connectivity index (χ1n) is 5.58. The van der Waals surface area contributed by atoms with E-state index < -0.39 is 0 Å². The first kappa shape index (κ1) is 7.78. The zero-order valence-corrected chi connectivity index (χ0v) is 7.91. The van der Waals surface area contributed by atoms with Gasteiger partial charge in [-0.25, -0.2) is 0 Å². The normalized spacial score (nSPS) is 47.8. The second-order valence-electron chi connectivity index (χ2n) is 4.79. The quantitative estimate of drug-likeness (QED) is 0.518. The minimum Gasteiger partial charge on any atom is -0.299 e. The van der Waals surface area contributed by atoms with Crippen LogP contribution in [0.25, 0.3) is 0 Å². The van der Waals surface area contributed by atoms with Crippen molar-refractivity contribution in [2.45, 2.75) is 32.1 Å². The average Bonchev–Trinajstić information content (AvgIpc) is 2.72. The Balaban J connectivity index is 1.96. The summed E-state index contributed by atoms with van der Waals surface area (Å²) < 4.78 is 0. The van der Waals surface area contributed by atoms with Gasteiger partial charge in [0.2, 0.25) is 0 Å². The Kier molecular flexibility index (Phi) is 1.61. The van der Waals surface area contributed by atoms with Gasteiger partial charge in [0.05, 0.1) is 0 Å². The Hall–Kier alpha value is -0.590. The molecule has 0 aliphatic heterocycles. The van der Waals surface area contributed by atoms with Crippen LogP contribution in [0.1, 0.15) is 32.1 Å². The molecular formula is C12H16O. The minimum atomic E-state index is 0.417. The monoisotopic (exact) mass is 176 g/mol. The summed E-state index contributed by atoms with van der Waals surface area (Å²) in [5.74, 6) is 2.85. The maximum atomic E-state index is 12.0. The Bertz CT molecular complexity index is 266. The van der Waals surface area contributed by atoms with Crippen LogP contribution >= 0.6 is 0 Å². The molecule has 3 rings (SSSR count). The maximum absolute atomic E-state index is 12.0. The third kappa shape index (κ3) is 0.962. The van der Waals surface area contributed by atoms with Crippen LogP contribution < -0.4 is 0 Å². The smallest absolute Gasteiger partial charge is 0.139 e. The Morgan fingerprint density at radius 3 is 3.00 bits per heavy atom. The lowest BCUT2D eigenvalue weighted by molar-refractivity contribution is -0.124. The largest absolute Gasteiger partial charge is 0.299 e. The maximum Gasteiger partial charge on any atom is 0.139 e. The molecule has 1 nitrogen and oxygen atoms in total. The highest BCUT2D eigenvalue weighted by molar-refractivity contribution is 5.87. The van der Waals surface area contributed by atoms with Crippen molar-refractivity contribution in [2.75, 3.05) is 0 Å². The Labute approximate surface area is 79.2 Å². The molecule has 3 aliphatic carbocycles. The number of hydrogen-bond donors (Lipinski definition) is 0. The van der Waals surface area contributed by atoms with Crippen LogP contribution in [-0.2, 0) is 4.79 Å². The van der Waals surface area contributed by atoms with Crippen LogP contribution in [0.5, 0.6) is 0 Å². The fourth-order valence-electron chi connectivity index (χ4n) is 3.71. The predicted octanol–water partition coefficient (Wildman–Crippen LogP) is 2.57. The average molecular weight is 176 g/mol. The summed E-state index contributed by atoms with van der Waals surface area (Å²) in [6.45, 7) is 0. The van der Waals surface area contributed by atoms with Gasteiger partial charge in [-0.3, -0.25) is 4.79 Å². The van der Waals surface area contributed by atoms with Crippen LogP contribution in [0, 0.1) is 23.7 Å². The van der Waals surface area contributed by atoms with E-state index in [-0.39, 0.29) is 0 Å². The van der Waals surface area contributed by atoms with E-state index in [9.17, 15) is 4.79 Å². The standard InChI is InChI=1S/C12H16O/c13-12-10-5-2-1-4-8(10)9-6-3-7-11(9)12/h1,4,8-11H,2-3,5-7H2/t8-,9+,10-,11+/m1/s1. The molecule has 2 saturated carbocycles. The van der Waals surface area contributed by atoms with Gasteiger partial charge in [0.1, 0.15) is 5.78 Å². The van der Waals surface area contributed by atoms with Gasteiger partial charge >= 0.3 is 0 Å². The van der Waals surface area contributed by atoms with Crippen LogP contribution in [-0.4, -0.2) is 5.78 Å². The van der Waals surface area contributed by atoms with Crippen molar-refractivity contribution in [2.24, 2.45) is 23.7 Å². The lowest BCUT2D eigenvalue weighted by atomic mass is 9.82. The Morgan fingerprint density at radius 2 is 2.08 bits per heavy atom. The molecule has 3 aliphatic rings. The highest BCUT2D eigenvalue weighted by Crippen LogP contribution is 2.51. The molecule has 0 heterocycles. The van der Waals surface area contributed by atoms with Gasteiger partial charge < -0.3 is 0 Å². The number of fused-ring (bicyclic) bond motifs is 3. The fraction of sp³-hybridized carbons (Fsp3) is 0.750. The SMILES string of the molecule is O=C1[C@H]2CCC[C@H]2[C@H]2C=CCC[C@@H]12. The summed E-state index contributed by atoms with van der Waals surface area (Å²) in [4.78, 5) is 12.0. The van der Waals surface area contributed by atoms with Gasteiger partial charge in [-0.2, -0.15) is 0 Å². The molecule has 0 aromatic carbocycles. The molecule has 0 bridgehead atoms. The van der Waals surface area contributed by atoms with E-state index in [1.165, 1.54) is 19.3 Å². The molecule has 0 N–H and O–H groups in total. The van der Waals surface area contributed by atoms with Gasteiger partial charge in [0.25, 0.3) is 0 Å². The van der Waals surface area contributed by atoms with Crippen LogP contribution in [0.2, 0.25) is 0 Å². The predicted molar refractivity (Wildman–Crippen MR) is 51.2 cm³/mol. The fourth-order valence-corrected chi connectivity index (χ4v) is 3.71. The van der Waals surface area contributed by atoms with E-state index in [1.807, 2.05) is 0 Å². The first-order valence-corrected chi connectivity index (χ1v) is 5.58. The van der Waals surface area contributed by atoms with Gasteiger partial charge in [-0.05, 0) is 37.5 Å². The van der Waals surface area contributed by atoms with Gasteiger partial charge in [0, 0.05) is 11.8 Å². The molecule has 0 saturated heterocycles. The van der Waals surface area contributed by atoms with Crippen molar-refractivity contribution in [3.05, 3.63) is 12.2 Å². The third-order valence-corrected chi connectivity index (χ3v) is 4.26. The molecular weight excluding hydrogens is 160 g/mol. The van der Waals surface area contributed by atoms with E-state index in [4.69, 9.17) is 0 Å². The van der Waals surface area contributed by atoms with Crippen molar-refractivity contribution < 1.29 is 4.79 Å². The summed E-state index contributed by atoms with van der Waals surface area (Å²) in [5.41, 5.74) is 0. The molecule has 0 amide bonds. The third-order valence-electron chi connectivity index (χ3n) is 4.26. The molecule has 0 aromatic rings. The van der Waals surface area contributed by atoms with E-state index in [0.717, 1.165) is 18.8 Å². The molecule has 0 aromatic heterocycles. The lowest BCUT2D eigenvalue weighted by Gasteiger charge is -2.22. The first-order chi connectivity index (χ1) is 6.38. The lowest BCUT2D eigenvalue weighted by Crippen LogP contribution is -2.18. The zero-order valence-electron chi connectivity index (χ0n) is 7.91. The second-order valence-corrected chi connectivity index (χ2v) is 4.79. The highest BCUT2D eigenvalue weighted by atomic mass is 16.1. The number of hydrogen-bond acceptors (Lipinski definition) is 1. The molecule has 13 heavy (non-hydrogen) atoms. The molecule has 0 spiro atoms. The van der Waals surface area contributed by atoms with Crippen molar-refractivity contribution >= 4 is 5.78 Å². The Morgan fingerprint density at radius 1 is 1.15 bits per heavy atom. The summed E-state index contributed by atoms with van der Waals surface area (Å²) in [5, 5.41) is 0. The van der Waals surface area contributed by atoms with Gasteiger partial charge in [0.15, 0.2) is 0 Å². The van der Waals surface area contributed by atoms with Crippen LogP contribution in [0.4, 0.5) is 0 Å². The van der Waals surface area contributed by atoms with Crippen molar-refractivity contribution in [3.63, 3.8) is 0 Å². The van der Waals surface area contributed by atoms with Crippen molar-refractivity contribution in [1.29, 1.82) is 0 Å². The number of Topliss-reactive ketones (excluding diaryl/α,β-unsaturated/α-hetero) is 1. The van der Waals surface area contributed by atoms with E-state index in [0.29, 0.717) is 23.5 Å². The zero-order chi connectivity index (χ0) is 8.84. The van der Waals surface area contributed by atoms with E-state index >= 15 is 0 Å². The van der Waals surface area contributed by atoms with Gasteiger partial charge in [-0.1, -0.05) is 18.6 Å². The summed E-state index contributed by atoms with van der Waals surface area (Å²) in [6.07, 6.45) is 10.7. The molecule has 0 unspecified atom stereocenters. The second kappa shape index (κ2) is 2.70. The number of allylic oxidation sites excluding steroid dienone is 2. The molecule has 2 fully saturated rings. The summed E-state index contributed by atoms with van der Waals surface area (Å²) in [7, 11) is 0. The summed E-state index contributed by atoms with van der Waals surface area (Å²) in [6, 6.07) is 0. The van der Waals surface area contributed by atoms with Crippen LogP contribution in [0.3, 0.4) is 0 Å². The molecule has 4 atom stereocenters. The molecule has 1 heteroatoms. The van der Waals surface area contributed by atoms with Crippen LogP contribution in [0.15, 0.2) is 12.2 Å². The van der Waals surface area contributed by atoms with Crippen molar-refractivity contribution in [1.82, 2.24) is 0 Å². The van der Waals surface area contributed by atoms with E-state index in [1.54, 1.807) is 0 Å². The number of carbonyl (C=O) groups excluding carboxylic acids is 1. The topological polar surface area (TPSA) is 17.1 Å². The molecule has 70 valence electrons. The molecule has 0 radical (unpaired) electrons. The highest BCUT2D eigenvalue weighted by Gasteiger charge is 2.50. The number of carbonyl (C=O) groups is 1.